The summed E-state index contributed by atoms with van der Waals surface area (Å²) in [6, 6.07) is 7.20. The van der Waals surface area contributed by atoms with E-state index in [0.717, 1.165) is 5.56 Å². The van der Waals surface area contributed by atoms with Gasteiger partial charge in [0.25, 0.3) is 0 Å². The molecule has 0 saturated carbocycles. The Morgan fingerprint density at radius 1 is 1.38 bits per heavy atom. The summed E-state index contributed by atoms with van der Waals surface area (Å²) >= 11 is 5.68. The Hall–Kier alpha value is -1.28. The first-order valence-electron chi connectivity index (χ1n) is 3.82. The summed E-state index contributed by atoms with van der Waals surface area (Å²) in [7, 11) is 0. The Morgan fingerprint density at radius 3 is 2.54 bits per heavy atom. The van der Waals surface area contributed by atoms with Gasteiger partial charge in [-0.3, -0.25) is 4.79 Å². The van der Waals surface area contributed by atoms with Crippen LogP contribution in [-0.2, 0) is 4.79 Å². The third-order valence-corrected chi connectivity index (χ3v) is 1.72. The number of hydrogen-bond acceptors (Lipinski definition) is 1. The van der Waals surface area contributed by atoms with Crippen LogP contribution in [0.4, 0.5) is 0 Å². The molecular formula is C10H9ClO2. The van der Waals surface area contributed by atoms with Crippen molar-refractivity contribution in [2.45, 2.75) is 6.42 Å². The minimum absolute atomic E-state index is 0.0443. The summed E-state index contributed by atoms with van der Waals surface area (Å²) in [5, 5.41) is 9.04. The molecule has 13 heavy (non-hydrogen) atoms. The topological polar surface area (TPSA) is 37.3 Å². The van der Waals surface area contributed by atoms with Gasteiger partial charge in [-0.1, -0.05) is 35.9 Å². The van der Waals surface area contributed by atoms with E-state index in [1.807, 2.05) is 12.1 Å². The number of carboxylic acid groups (broad SMARTS) is 1. The number of carboxylic acids is 1. The molecule has 0 heterocycles. The quantitative estimate of drug-likeness (QED) is 0.807. The lowest BCUT2D eigenvalue weighted by atomic mass is 10.2. The molecule has 0 aliphatic heterocycles. The average Bonchev–Trinajstić information content (AvgIpc) is 2.08. The highest BCUT2D eigenvalue weighted by molar-refractivity contribution is 6.30. The second kappa shape index (κ2) is 4.67. The number of benzene rings is 1. The third-order valence-electron chi connectivity index (χ3n) is 1.47. The lowest BCUT2D eigenvalue weighted by Crippen LogP contribution is -1.89. The van der Waals surface area contributed by atoms with Gasteiger partial charge in [0.1, 0.15) is 0 Å². The maximum absolute atomic E-state index is 10.2. The van der Waals surface area contributed by atoms with E-state index >= 15 is 0 Å². The van der Waals surface area contributed by atoms with E-state index in [4.69, 9.17) is 16.7 Å². The number of aliphatic carboxylic acids is 1. The van der Waals surface area contributed by atoms with Gasteiger partial charge in [0.2, 0.25) is 0 Å². The van der Waals surface area contributed by atoms with Crippen LogP contribution in [0.3, 0.4) is 0 Å². The highest BCUT2D eigenvalue weighted by Crippen LogP contribution is 2.10. The first-order chi connectivity index (χ1) is 6.18. The second-order valence-electron chi connectivity index (χ2n) is 2.55. The molecule has 0 amide bonds. The molecule has 0 radical (unpaired) electrons. The van der Waals surface area contributed by atoms with Crippen LogP contribution in [-0.4, -0.2) is 11.1 Å². The average molecular weight is 197 g/mol. The van der Waals surface area contributed by atoms with Crippen LogP contribution >= 0.6 is 11.6 Å². The summed E-state index contributed by atoms with van der Waals surface area (Å²) in [4.78, 5) is 10.2. The third kappa shape index (κ3) is 3.76. The van der Waals surface area contributed by atoms with E-state index in [2.05, 4.69) is 0 Å². The molecule has 0 atom stereocenters. The molecular weight excluding hydrogens is 188 g/mol. The first-order valence-corrected chi connectivity index (χ1v) is 4.20. The molecule has 0 unspecified atom stereocenters. The lowest BCUT2D eigenvalue weighted by Gasteiger charge is -1.92. The van der Waals surface area contributed by atoms with Gasteiger partial charge in [-0.25, -0.2) is 0 Å². The van der Waals surface area contributed by atoms with Gasteiger partial charge in [0.15, 0.2) is 0 Å². The summed E-state index contributed by atoms with van der Waals surface area (Å²) in [6.45, 7) is 0. The van der Waals surface area contributed by atoms with Gasteiger partial charge in [0.05, 0.1) is 6.42 Å². The van der Waals surface area contributed by atoms with Crippen LogP contribution in [0.25, 0.3) is 6.08 Å². The molecule has 0 saturated heterocycles. The Balaban J connectivity index is 2.59. The summed E-state index contributed by atoms with van der Waals surface area (Å²) in [5.74, 6) is -0.829. The van der Waals surface area contributed by atoms with E-state index in [-0.39, 0.29) is 6.42 Å². The van der Waals surface area contributed by atoms with Crippen molar-refractivity contribution in [3.63, 3.8) is 0 Å². The minimum atomic E-state index is -0.829. The summed E-state index contributed by atoms with van der Waals surface area (Å²) < 4.78 is 0. The van der Waals surface area contributed by atoms with Crippen molar-refractivity contribution in [3.05, 3.63) is 40.9 Å². The number of rotatable bonds is 3. The largest absolute Gasteiger partial charge is 0.481 e. The van der Waals surface area contributed by atoms with Crippen LogP contribution in [0.5, 0.6) is 0 Å². The van der Waals surface area contributed by atoms with Crippen molar-refractivity contribution in [1.29, 1.82) is 0 Å². The van der Waals surface area contributed by atoms with Crippen molar-refractivity contribution in [2.75, 3.05) is 0 Å². The molecule has 0 aliphatic rings. The predicted octanol–water partition coefficient (Wildman–Crippen LogP) is 2.83. The Morgan fingerprint density at radius 2 is 2.00 bits per heavy atom. The van der Waals surface area contributed by atoms with Crippen LogP contribution in [0, 0.1) is 0 Å². The van der Waals surface area contributed by atoms with Gasteiger partial charge in [0, 0.05) is 5.02 Å². The summed E-state index contributed by atoms with van der Waals surface area (Å²) in [5.41, 5.74) is 0.950. The lowest BCUT2D eigenvalue weighted by molar-refractivity contribution is -0.135. The molecule has 0 aliphatic carbocycles. The fraction of sp³-hybridized carbons (Fsp3) is 0.100. The van der Waals surface area contributed by atoms with Crippen molar-refractivity contribution in [1.82, 2.24) is 0 Å². The molecule has 0 spiro atoms. The van der Waals surface area contributed by atoms with Gasteiger partial charge < -0.3 is 5.11 Å². The van der Waals surface area contributed by atoms with Crippen molar-refractivity contribution >= 4 is 23.6 Å². The number of carbonyl (C=O) groups is 1. The van der Waals surface area contributed by atoms with Crippen LogP contribution in [0.15, 0.2) is 30.3 Å². The van der Waals surface area contributed by atoms with E-state index in [1.165, 1.54) is 0 Å². The fourth-order valence-corrected chi connectivity index (χ4v) is 0.996. The monoisotopic (exact) mass is 196 g/mol. The zero-order valence-corrected chi connectivity index (χ0v) is 7.66. The SMILES string of the molecule is O=C(O)C/C=C/c1ccc(Cl)cc1. The van der Waals surface area contributed by atoms with Gasteiger partial charge >= 0.3 is 5.97 Å². The van der Waals surface area contributed by atoms with Crippen molar-refractivity contribution < 1.29 is 9.90 Å². The van der Waals surface area contributed by atoms with E-state index in [0.29, 0.717) is 5.02 Å². The van der Waals surface area contributed by atoms with E-state index in [9.17, 15) is 4.79 Å². The Kier molecular flexibility index (Phi) is 3.53. The minimum Gasteiger partial charge on any atom is -0.481 e. The van der Waals surface area contributed by atoms with E-state index < -0.39 is 5.97 Å². The molecule has 1 aromatic carbocycles. The maximum Gasteiger partial charge on any atom is 0.307 e. The van der Waals surface area contributed by atoms with Crippen molar-refractivity contribution in [2.24, 2.45) is 0 Å². The zero-order chi connectivity index (χ0) is 9.68. The molecule has 1 rings (SSSR count). The van der Waals surface area contributed by atoms with Gasteiger partial charge in [-0.15, -0.1) is 0 Å². The van der Waals surface area contributed by atoms with Crippen LogP contribution in [0.2, 0.25) is 5.02 Å². The molecule has 0 bridgehead atoms. The zero-order valence-electron chi connectivity index (χ0n) is 6.90. The summed E-state index contributed by atoms with van der Waals surface area (Å²) in [6.07, 6.45) is 3.40. The molecule has 68 valence electrons. The number of halogens is 1. The molecule has 2 nitrogen and oxygen atoms in total. The predicted molar refractivity (Wildman–Crippen MR) is 52.7 cm³/mol. The normalized spacial score (nSPS) is 10.5. The van der Waals surface area contributed by atoms with Crippen LogP contribution in [0.1, 0.15) is 12.0 Å². The molecule has 1 aromatic rings. The van der Waals surface area contributed by atoms with Gasteiger partial charge in [-0.2, -0.15) is 0 Å². The van der Waals surface area contributed by atoms with Gasteiger partial charge in [-0.05, 0) is 17.7 Å². The Bertz CT molecular complexity index is 314. The molecule has 0 fully saturated rings. The highest BCUT2D eigenvalue weighted by Gasteiger charge is 1.90. The number of hydrogen-bond donors (Lipinski definition) is 1. The smallest absolute Gasteiger partial charge is 0.307 e. The van der Waals surface area contributed by atoms with Crippen LogP contribution < -0.4 is 0 Å². The molecule has 0 aromatic heterocycles. The molecule has 1 N–H and O–H groups in total. The van der Waals surface area contributed by atoms with E-state index in [1.54, 1.807) is 24.3 Å². The molecule has 3 heteroatoms. The highest BCUT2D eigenvalue weighted by atomic mass is 35.5. The Labute approximate surface area is 81.5 Å². The maximum atomic E-state index is 10.2. The standard InChI is InChI=1S/C10H9ClO2/c11-9-6-4-8(5-7-9)2-1-3-10(12)13/h1-2,4-7H,3H2,(H,12,13)/b2-1+. The second-order valence-corrected chi connectivity index (χ2v) is 2.99. The first kappa shape index (κ1) is 9.81. The fourth-order valence-electron chi connectivity index (χ4n) is 0.870. The van der Waals surface area contributed by atoms with Crippen molar-refractivity contribution in [3.8, 4) is 0 Å².